The molecule has 26 heavy (non-hydrogen) atoms. The lowest BCUT2D eigenvalue weighted by Crippen LogP contribution is -2.38. The monoisotopic (exact) mass is 349 g/mol. The van der Waals surface area contributed by atoms with Crippen LogP contribution in [-0.4, -0.2) is 23.4 Å². The number of fused-ring (bicyclic) bond motifs is 1. The third-order valence-corrected chi connectivity index (χ3v) is 3.78. The smallest absolute Gasteiger partial charge is 0.422 e. The first kappa shape index (κ1) is 17.6. The maximum absolute atomic E-state index is 12.9. The number of para-hydroxylation sites is 1. The summed E-state index contributed by atoms with van der Waals surface area (Å²) in [5.41, 5.74) is 0.867. The summed E-state index contributed by atoms with van der Waals surface area (Å²) in [6, 6.07) is 15.5. The van der Waals surface area contributed by atoms with E-state index in [1.165, 1.54) is 6.08 Å². The first-order valence-electron chi connectivity index (χ1n) is 8.26. The number of allylic oxidation sites excluding steroid dienone is 1. The molecule has 0 saturated carbocycles. The largest absolute Gasteiger partial charge is 0.443 e. The molecule has 0 fully saturated rings. The summed E-state index contributed by atoms with van der Waals surface area (Å²) >= 11 is 0. The van der Waals surface area contributed by atoms with Gasteiger partial charge in [0, 0.05) is 11.1 Å². The van der Waals surface area contributed by atoms with Gasteiger partial charge in [-0.05, 0) is 32.9 Å². The van der Waals surface area contributed by atoms with Crippen molar-refractivity contribution >= 4 is 29.0 Å². The van der Waals surface area contributed by atoms with Crippen LogP contribution in [0.2, 0.25) is 0 Å². The van der Waals surface area contributed by atoms with E-state index < -0.39 is 17.6 Å². The van der Waals surface area contributed by atoms with E-state index in [2.05, 4.69) is 0 Å². The second-order valence-electron chi connectivity index (χ2n) is 6.93. The fourth-order valence-electron chi connectivity index (χ4n) is 2.69. The molecule has 2 aromatic rings. The number of nitrogens with zero attached hydrogens (tertiary/aromatic N) is 1. The molecule has 1 heterocycles. The average molecular weight is 349 g/mol. The molecule has 0 radical (unpaired) electrons. The van der Waals surface area contributed by atoms with E-state index in [9.17, 15) is 14.4 Å². The number of ketones is 1. The highest BCUT2D eigenvalue weighted by Gasteiger charge is 2.39. The molecule has 1 aliphatic heterocycles. The van der Waals surface area contributed by atoms with E-state index in [-0.39, 0.29) is 11.4 Å². The van der Waals surface area contributed by atoms with Gasteiger partial charge in [0.15, 0.2) is 5.78 Å². The van der Waals surface area contributed by atoms with Crippen LogP contribution in [0.4, 0.5) is 10.5 Å². The molecule has 0 saturated heterocycles. The summed E-state index contributed by atoms with van der Waals surface area (Å²) in [6.45, 7) is 5.19. The zero-order chi connectivity index (χ0) is 18.9. The van der Waals surface area contributed by atoms with Crippen LogP contribution in [0.15, 0.2) is 60.7 Å². The third-order valence-electron chi connectivity index (χ3n) is 3.78. The molecule has 2 amide bonds. The minimum absolute atomic E-state index is 0.181. The normalized spacial score (nSPS) is 15.1. The molecule has 3 rings (SSSR count). The Labute approximate surface area is 151 Å². The molecule has 0 bridgehead atoms. The van der Waals surface area contributed by atoms with E-state index in [4.69, 9.17) is 4.74 Å². The van der Waals surface area contributed by atoms with Gasteiger partial charge in [-0.15, -0.1) is 0 Å². The van der Waals surface area contributed by atoms with Crippen LogP contribution in [-0.2, 0) is 9.53 Å². The molecule has 0 N–H and O–H groups in total. The molecular weight excluding hydrogens is 330 g/mol. The number of anilines is 1. The zero-order valence-corrected chi connectivity index (χ0v) is 14.9. The summed E-state index contributed by atoms with van der Waals surface area (Å²) in [7, 11) is 0. The Kier molecular flexibility index (Phi) is 4.47. The van der Waals surface area contributed by atoms with Gasteiger partial charge < -0.3 is 4.74 Å². The number of carbonyl (C=O) groups is 3. The van der Waals surface area contributed by atoms with Gasteiger partial charge in [0.25, 0.3) is 5.91 Å². The first-order valence-corrected chi connectivity index (χ1v) is 8.26. The van der Waals surface area contributed by atoms with Crippen LogP contribution in [0.25, 0.3) is 5.57 Å². The number of ether oxygens (including phenoxy) is 1. The summed E-state index contributed by atoms with van der Waals surface area (Å²) < 4.78 is 5.34. The Bertz CT molecular complexity index is 907. The summed E-state index contributed by atoms with van der Waals surface area (Å²) in [5, 5.41) is 0. The van der Waals surface area contributed by atoms with Crippen molar-refractivity contribution in [3.8, 4) is 0 Å². The van der Waals surface area contributed by atoms with Crippen LogP contribution < -0.4 is 4.90 Å². The quantitative estimate of drug-likeness (QED) is 0.601. The second-order valence-corrected chi connectivity index (χ2v) is 6.93. The van der Waals surface area contributed by atoms with Gasteiger partial charge in [-0.1, -0.05) is 48.5 Å². The van der Waals surface area contributed by atoms with Gasteiger partial charge in [0.05, 0.1) is 11.3 Å². The topological polar surface area (TPSA) is 63.7 Å². The number of amides is 2. The number of carbonyl (C=O) groups excluding carboxylic acids is 3. The molecule has 2 aromatic carbocycles. The Hall–Kier alpha value is -3.21. The molecular formula is C21H19NO4. The van der Waals surface area contributed by atoms with E-state index in [0.717, 1.165) is 4.90 Å². The zero-order valence-electron chi connectivity index (χ0n) is 14.9. The van der Waals surface area contributed by atoms with Crippen LogP contribution in [0, 0.1) is 0 Å². The van der Waals surface area contributed by atoms with Crippen molar-refractivity contribution < 1.29 is 19.1 Å². The highest BCUT2D eigenvalue weighted by molar-refractivity contribution is 6.41. The molecule has 5 heteroatoms. The Morgan fingerprint density at radius 3 is 2.23 bits per heavy atom. The average Bonchev–Trinajstić information content (AvgIpc) is 2.86. The minimum atomic E-state index is -0.759. The maximum Gasteiger partial charge on any atom is 0.422 e. The van der Waals surface area contributed by atoms with Crippen molar-refractivity contribution in [3.05, 3.63) is 71.8 Å². The molecule has 0 atom stereocenters. The molecule has 0 spiro atoms. The third kappa shape index (κ3) is 3.42. The van der Waals surface area contributed by atoms with E-state index >= 15 is 0 Å². The summed E-state index contributed by atoms with van der Waals surface area (Å²) in [6.07, 6.45) is 0.520. The fourth-order valence-corrected chi connectivity index (χ4v) is 2.69. The number of hydrogen-bond donors (Lipinski definition) is 0. The van der Waals surface area contributed by atoms with Crippen molar-refractivity contribution in [2.45, 2.75) is 26.4 Å². The predicted octanol–water partition coefficient (Wildman–Crippen LogP) is 4.23. The molecule has 0 aliphatic carbocycles. The highest BCUT2D eigenvalue weighted by atomic mass is 16.6. The Morgan fingerprint density at radius 1 is 0.962 bits per heavy atom. The molecule has 5 nitrogen and oxygen atoms in total. The molecule has 1 aliphatic rings. The van der Waals surface area contributed by atoms with E-state index in [0.29, 0.717) is 16.8 Å². The van der Waals surface area contributed by atoms with Crippen molar-refractivity contribution in [1.82, 2.24) is 0 Å². The Morgan fingerprint density at radius 2 is 1.58 bits per heavy atom. The van der Waals surface area contributed by atoms with Gasteiger partial charge >= 0.3 is 6.09 Å². The predicted molar refractivity (Wildman–Crippen MR) is 98.9 cm³/mol. The van der Waals surface area contributed by atoms with Crippen LogP contribution in [0.1, 0.15) is 36.7 Å². The lowest BCUT2D eigenvalue weighted by atomic mass is 10.0. The maximum atomic E-state index is 12.9. The van der Waals surface area contributed by atoms with Crippen LogP contribution in [0.5, 0.6) is 0 Å². The van der Waals surface area contributed by atoms with E-state index in [1.54, 1.807) is 69.3 Å². The second kappa shape index (κ2) is 6.59. The minimum Gasteiger partial charge on any atom is -0.443 e. The van der Waals surface area contributed by atoms with Crippen molar-refractivity contribution in [2.24, 2.45) is 0 Å². The van der Waals surface area contributed by atoms with Gasteiger partial charge in [-0.25, -0.2) is 9.69 Å². The van der Waals surface area contributed by atoms with Gasteiger partial charge in [0.1, 0.15) is 5.60 Å². The first-order chi connectivity index (χ1) is 12.3. The molecule has 132 valence electrons. The number of benzene rings is 2. The Balaban J connectivity index is 2.01. The number of imide groups is 1. The molecule has 0 aromatic heterocycles. The van der Waals surface area contributed by atoms with Gasteiger partial charge in [-0.3, -0.25) is 9.59 Å². The van der Waals surface area contributed by atoms with Gasteiger partial charge in [-0.2, -0.15) is 0 Å². The number of hydrogen-bond acceptors (Lipinski definition) is 4. The molecule has 0 unspecified atom stereocenters. The lowest BCUT2D eigenvalue weighted by molar-refractivity contribution is -0.112. The lowest BCUT2D eigenvalue weighted by Gasteiger charge is -2.23. The van der Waals surface area contributed by atoms with Crippen molar-refractivity contribution in [2.75, 3.05) is 4.90 Å². The standard InChI is InChI=1S/C21H19NO4/c1-21(2,3)26-20(25)22-17-12-8-7-11-15(17)16(19(22)24)13-18(23)14-9-5-4-6-10-14/h4-13H,1-3H3/b16-13-. The highest BCUT2D eigenvalue weighted by Crippen LogP contribution is 2.37. The fraction of sp³-hybridized carbons (Fsp3) is 0.190. The van der Waals surface area contributed by atoms with Crippen LogP contribution in [0.3, 0.4) is 0 Å². The SMILES string of the molecule is CC(C)(C)OC(=O)N1C(=O)/C(=C\C(=O)c2ccccc2)c2ccccc21. The summed E-state index contributed by atoms with van der Waals surface area (Å²) in [4.78, 5) is 38.8. The van der Waals surface area contributed by atoms with Crippen molar-refractivity contribution in [3.63, 3.8) is 0 Å². The van der Waals surface area contributed by atoms with E-state index in [1.807, 2.05) is 6.07 Å². The van der Waals surface area contributed by atoms with Crippen molar-refractivity contribution in [1.29, 1.82) is 0 Å². The van der Waals surface area contributed by atoms with Crippen LogP contribution >= 0.6 is 0 Å². The number of rotatable bonds is 2. The van der Waals surface area contributed by atoms with Gasteiger partial charge in [0.2, 0.25) is 0 Å². The summed E-state index contributed by atoms with van der Waals surface area (Å²) in [5.74, 6) is -0.862.